The van der Waals surface area contributed by atoms with Crippen molar-refractivity contribution in [1.29, 1.82) is 0 Å². The van der Waals surface area contributed by atoms with Gasteiger partial charge in [-0.1, -0.05) is 42.5 Å². The zero-order chi connectivity index (χ0) is 27.0. The van der Waals surface area contributed by atoms with Crippen molar-refractivity contribution in [3.05, 3.63) is 81.8 Å². The molecule has 0 bridgehead atoms. The van der Waals surface area contributed by atoms with Crippen molar-refractivity contribution in [3.8, 4) is 5.75 Å². The molecule has 3 unspecified atom stereocenters. The molecule has 0 fully saturated rings. The molecule has 3 atom stereocenters. The molecule has 200 valence electrons. The Morgan fingerprint density at radius 1 is 1.08 bits per heavy atom. The van der Waals surface area contributed by atoms with Gasteiger partial charge in [0.2, 0.25) is 0 Å². The highest BCUT2D eigenvalue weighted by molar-refractivity contribution is 7.09. The number of rotatable bonds is 12. The van der Waals surface area contributed by atoms with Crippen molar-refractivity contribution >= 4 is 17.2 Å². The molecule has 0 aliphatic heterocycles. The zero-order valence-corrected chi connectivity index (χ0v) is 21.3. The lowest BCUT2D eigenvalue weighted by molar-refractivity contribution is -0.137. The standard InChI is InChI=1S/C26H30F3N3O4S/c1-17(12-18-8-10-20(11-9-18)36-15-24(35)30-2)32(13-22(33)19-6-4-3-5-7-19)14-23(34)21-16-37-25(31-21)26(27,28)29/h3-11,16-17,22-23,33-34H,12-15H2,1-2H3,(H,30,35). The van der Waals surface area contributed by atoms with E-state index in [0.717, 1.165) is 5.56 Å². The predicted octanol–water partition coefficient (Wildman–Crippen LogP) is 3.99. The molecule has 2 aromatic carbocycles. The quantitative estimate of drug-likeness (QED) is 0.324. The summed E-state index contributed by atoms with van der Waals surface area (Å²) in [5.41, 5.74) is 1.59. The number of likely N-dealkylation sites (N-methyl/N-ethyl adjacent to an activating group) is 1. The Morgan fingerprint density at radius 3 is 2.32 bits per heavy atom. The number of aliphatic hydroxyl groups is 2. The van der Waals surface area contributed by atoms with Gasteiger partial charge in [0, 0.05) is 31.6 Å². The number of carbonyl (C=O) groups is 1. The molecule has 7 nitrogen and oxygen atoms in total. The average Bonchev–Trinajstić information content (AvgIpc) is 3.39. The lowest BCUT2D eigenvalue weighted by Crippen LogP contribution is -2.40. The van der Waals surface area contributed by atoms with Gasteiger partial charge in [-0.25, -0.2) is 4.98 Å². The summed E-state index contributed by atoms with van der Waals surface area (Å²) >= 11 is 0.441. The van der Waals surface area contributed by atoms with Crippen LogP contribution in [0.1, 0.15) is 41.0 Å². The molecular formula is C26H30F3N3O4S. The van der Waals surface area contributed by atoms with E-state index in [9.17, 15) is 28.2 Å². The third-order valence-corrected chi connectivity index (χ3v) is 6.74. The molecule has 3 aromatic rings. The predicted molar refractivity (Wildman–Crippen MR) is 134 cm³/mol. The molecular weight excluding hydrogens is 507 g/mol. The van der Waals surface area contributed by atoms with Gasteiger partial charge in [-0.05, 0) is 36.6 Å². The first-order chi connectivity index (χ1) is 17.6. The number of carbonyl (C=O) groups excluding carboxylic acids is 1. The van der Waals surface area contributed by atoms with Crippen molar-refractivity contribution < 1.29 is 32.9 Å². The van der Waals surface area contributed by atoms with Crippen molar-refractivity contribution in [3.63, 3.8) is 0 Å². The van der Waals surface area contributed by atoms with E-state index in [4.69, 9.17) is 4.74 Å². The number of thiazole rings is 1. The summed E-state index contributed by atoms with van der Waals surface area (Å²) in [4.78, 5) is 16.8. The Balaban J connectivity index is 1.72. The molecule has 3 rings (SSSR count). The smallest absolute Gasteiger partial charge is 0.443 e. The van der Waals surface area contributed by atoms with E-state index in [1.165, 1.54) is 12.4 Å². The van der Waals surface area contributed by atoms with Crippen molar-refractivity contribution in [2.45, 2.75) is 37.8 Å². The van der Waals surface area contributed by atoms with Gasteiger partial charge >= 0.3 is 6.18 Å². The average molecular weight is 538 g/mol. The minimum atomic E-state index is -4.57. The number of alkyl halides is 3. The van der Waals surface area contributed by atoms with Gasteiger partial charge in [-0.2, -0.15) is 13.2 Å². The van der Waals surface area contributed by atoms with Crippen LogP contribution in [0, 0.1) is 0 Å². The number of nitrogens with zero attached hydrogens (tertiary/aromatic N) is 2. The van der Waals surface area contributed by atoms with E-state index >= 15 is 0 Å². The lowest BCUT2D eigenvalue weighted by Gasteiger charge is -2.32. The zero-order valence-electron chi connectivity index (χ0n) is 20.5. The van der Waals surface area contributed by atoms with Gasteiger partial charge in [-0.3, -0.25) is 9.69 Å². The molecule has 1 heterocycles. The van der Waals surface area contributed by atoms with E-state index in [0.29, 0.717) is 29.1 Å². The number of halogens is 3. The monoisotopic (exact) mass is 537 g/mol. The van der Waals surface area contributed by atoms with Crippen LogP contribution in [0.15, 0.2) is 60.0 Å². The Labute approximate surface area is 217 Å². The Bertz CT molecular complexity index is 1130. The Morgan fingerprint density at radius 2 is 1.73 bits per heavy atom. The van der Waals surface area contributed by atoms with Crippen molar-refractivity contribution in [1.82, 2.24) is 15.2 Å². The minimum absolute atomic E-state index is 0.0145. The van der Waals surface area contributed by atoms with E-state index in [2.05, 4.69) is 10.3 Å². The minimum Gasteiger partial charge on any atom is -0.484 e. The molecule has 11 heteroatoms. The van der Waals surface area contributed by atoms with Crippen LogP contribution < -0.4 is 10.1 Å². The number of nitrogens with one attached hydrogen (secondary N) is 1. The molecule has 0 saturated carbocycles. The normalized spacial score (nSPS) is 14.3. The van der Waals surface area contributed by atoms with Gasteiger partial charge < -0.3 is 20.3 Å². The summed E-state index contributed by atoms with van der Waals surface area (Å²) < 4.78 is 44.4. The Kier molecular flexibility index (Phi) is 10.0. The van der Waals surface area contributed by atoms with Crippen LogP contribution in [0.3, 0.4) is 0 Å². The fourth-order valence-corrected chi connectivity index (χ4v) is 4.47. The maximum Gasteiger partial charge on any atom is 0.443 e. The summed E-state index contributed by atoms with van der Waals surface area (Å²) in [6.45, 7) is 1.97. The molecule has 0 aliphatic carbocycles. The van der Waals surface area contributed by atoms with Gasteiger partial charge in [-0.15, -0.1) is 11.3 Å². The van der Waals surface area contributed by atoms with Crippen LogP contribution in [0.2, 0.25) is 0 Å². The fourth-order valence-electron chi connectivity index (χ4n) is 3.74. The molecule has 0 saturated heterocycles. The molecule has 1 amide bonds. The van der Waals surface area contributed by atoms with Gasteiger partial charge in [0.25, 0.3) is 5.91 Å². The topological polar surface area (TPSA) is 94.9 Å². The summed E-state index contributed by atoms with van der Waals surface area (Å²) in [5, 5.41) is 24.2. The highest BCUT2D eigenvalue weighted by atomic mass is 32.1. The molecule has 37 heavy (non-hydrogen) atoms. The van der Waals surface area contributed by atoms with Gasteiger partial charge in [0.1, 0.15) is 11.9 Å². The van der Waals surface area contributed by atoms with Crippen LogP contribution >= 0.6 is 11.3 Å². The van der Waals surface area contributed by atoms with Crippen LogP contribution in [-0.2, 0) is 17.4 Å². The number of aromatic nitrogens is 1. The van der Waals surface area contributed by atoms with E-state index in [1.54, 1.807) is 24.3 Å². The van der Waals surface area contributed by atoms with Crippen LogP contribution in [0.25, 0.3) is 0 Å². The van der Waals surface area contributed by atoms with Crippen LogP contribution in [-0.4, -0.2) is 58.8 Å². The first-order valence-corrected chi connectivity index (χ1v) is 12.5. The number of ether oxygens (including phenoxy) is 1. The second-order valence-electron chi connectivity index (χ2n) is 8.63. The molecule has 1 aromatic heterocycles. The van der Waals surface area contributed by atoms with Crippen molar-refractivity contribution in [2.24, 2.45) is 0 Å². The third-order valence-electron chi connectivity index (χ3n) is 5.83. The summed E-state index contributed by atoms with van der Waals surface area (Å²) in [7, 11) is 1.53. The second kappa shape index (κ2) is 13.0. The lowest BCUT2D eigenvalue weighted by atomic mass is 10.0. The summed E-state index contributed by atoms with van der Waals surface area (Å²) in [5.74, 6) is 0.294. The molecule has 0 radical (unpaired) electrons. The van der Waals surface area contributed by atoms with Crippen LogP contribution in [0.5, 0.6) is 5.75 Å². The molecule has 0 aliphatic rings. The summed E-state index contributed by atoms with van der Waals surface area (Å²) in [6.07, 6.45) is -6.17. The first kappa shape index (κ1) is 28.6. The number of aliphatic hydroxyl groups excluding tert-OH is 2. The number of benzene rings is 2. The van der Waals surface area contributed by atoms with Crippen LogP contribution in [0.4, 0.5) is 13.2 Å². The number of amides is 1. The molecule has 0 spiro atoms. The largest absolute Gasteiger partial charge is 0.484 e. The maximum absolute atomic E-state index is 13.0. The van der Waals surface area contributed by atoms with E-state index < -0.39 is 23.4 Å². The maximum atomic E-state index is 13.0. The highest BCUT2D eigenvalue weighted by Gasteiger charge is 2.35. The first-order valence-electron chi connectivity index (χ1n) is 11.7. The third kappa shape index (κ3) is 8.53. The number of hydrogen-bond donors (Lipinski definition) is 3. The van der Waals surface area contributed by atoms with E-state index in [-0.39, 0.29) is 37.3 Å². The summed E-state index contributed by atoms with van der Waals surface area (Å²) in [6, 6.07) is 16.0. The number of hydrogen-bond acceptors (Lipinski definition) is 7. The van der Waals surface area contributed by atoms with E-state index in [1.807, 2.05) is 42.2 Å². The highest BCUT2D eigenvalue weighted by Crippen LogP contribution is 2.33. The van der Waals surface area contributed by atoms with Crippen molar-refractivity contribution in [2.75, 3.05) is 26.7 Å². The second-order valence-corrected chi connectivity index (χ2v) is 9.49. The Hall–Kier alpha value is -2.99. The SMILES string of the molecule is CNC(=O)COc1ccc(CC(C)N(CC(O)c2ccccc2)CC(O)c2csc(C(F)(F)F)n2)cc1. The van der Waals surface area contributed by atoms with Gasteiger partial charge in [0.05, 0.1) is 11.8 Å². The fraction of sp³-hybridized carbons (Fsp3) is 0.385. The molecule has 3 N–H and O–H groups in total. The van der Waals surface area contributed by atoms with Gasteiger partial charge in [0.15, 0.2) is 11.6 Å².